The van der Waals surface area contributed by atoms with Gasteiger partial charge in [0.1, 0.15) is 23.2 Å². The molecule has 270 valence electrons. The van der Waals surface area contributed by atoms with E-state index >= 15 is 0 Å². The Labute approximate surface area is 293 Å². The van der Waals surface area contributed by atoms with Crippen molar-refractivity contribution in [3.63, 3.8) is 0 Å². The van der Waals surface area contributed by atoms with Crippen molar-refractivity contribution in [3.8, 4) is 17.3 Å². The summed E-state index contributed by atoms with van der Waals surface area (Å²) in [6.45, 7) is 13.1. The van der Waals surface area contributed by atoms with E-state index in [9.17, 15) is 19.2 Å². The lowest BCUT2D eigenvalue weighted by Crippen LogP contribution is -2.48. The molecule has 5 rings (SSSR count). The number of rotatable bonds is 12. The Bertz CT molecular complexity index is 1740. The highest BCUT2D eigenvalue weighted by atomic mass is 16.6. The molecular formula is C38H50N4O8. The van der Waals surface area contributed by atoms with Crippen molar-refractivity contribution in [2.45, 2.75) is 98.3 Å². The van der Waals surface area contributed by atoms with Crippen LogP contribution in [0.15, 0.2) is 42.7 Å². The van der Waals surface area contributed by atoms with Crippen LogP contribution in [-0.2, 0) is 28.7 Å². The molecule has 5 atom stereocenters. The number of fused-ring (bicyclic) bond motifs is 1. The van der Waals surface area contributed by atoms with Crippen LogP contribution in [0.2, 0.25) is 0 Å². The van der Waals surface area contributed by atoms with Gasteiger partial charge in [-0.1, -0.05) is 34.1 Å². The zero-order valence-corrected chi connectivity index (χ0v) is 30.6. The lowest BCUT2D eigenvalue weighted by Gasteiger charge is -2.35. The van der Waals surface area contributed by atoms with Crippen LogP contribution in [0.5, 0.6) is 11.5 Å². The van der Waals surface area contributed by atoms with Gasteiger partial charge in [-0.2, -0.15) is 5.10 Å². The first-order valence-corrected chi connectivity index (χ1v) is 17.3. The van der Waals surface area contributed by atoms with Crippen LogP contribution in [0.3, 0.4) is 0 Å². The Hall–Kier alpha value is -4.48. The lowest BCUT2D eigenvalue weighted by molar-refractivity contribution is -0.161. The van der Waals surface area contributed by atoms with E-state index in [2.05, 4.69) is 5.10 Å². The molecule has 2 aromatic heterocycles. The molecule has 1 amide bonds. The van der Waals surface area contributed by atoms with Crippen molar-refractivity contribution in [1.29, 1.82) is 0 Å². The largest absolute Gasteiger partial charge is 0.497 e. The summed E-state index contributed by atoms with van der Waals surface area (Å²) < 4.78 is 24.5. The summed E-state index contributed by atoms with van der Waals surface area (Å²) >= 11 is 0. The first-order valence-electron chi connectivity index (χ1n) is 17.3. The van der Waals surface area contributed by atoms with Crippen molar-refractivity contribution >= 4 is 34.5 Å². The third-order valence-corrected chi connectivity index (χ3v) is 9.86. The van der Waals surface area contributed by atoms with Gasteiger partial charge in [-0.25, -0.2) is 9.67 Å². The van der Waals surface area contributed by atoms with E-state index in [-0.39, 0.29) is 43.4 Å². The van der Waals surface area contributed by atoms with Crippen molar-refractivity contribution in [2.24, 2.45) is 22.7 Å². The van der Waals surface area contributed by atoms with Gasteiger partial charge in [-0.15, -0.1) is 0 Å². The van der Waals surface area contributed by atoms with E-state index in [0.29, 0.717) is 29.3 Å². The molecule has 1 aromatic carbocycles. The van der Waals surface area contributed by atoms with E-state index in [1.165, 1.54) is 7.11 Å². The van der Waals surface area contributed by atoms with Crippen molar-refractivity contribution < 1.29 is 38.1 Å². The third kappa shape index (κ3) is 7.79. The lowest BCUT2D eigenvalue weighted by atomic mass is 9.77. The molecule has 0 spiro atoms. The number of esters is 2. The van der Waals surface area contributed by atoms with Crippen LogP contribution in [0.25, 0.3) is 16.7 Å². The summed E-state index contributed by atoms with van der Waals surface area (Å²) in [5.41, 5.74) is -1.62. The highest BCUT2D eigenvalue weighted by Gasteiger charge is 2.61. The summed E-state index contributed by atoms with van der Waals surface area (Å²) in [4.78, 5) is 61.2. The number of ketones is 1. The van der Waals surface area contributed by atoms with Crippen LogP contribution in [0.4, 0.5) is 0 Å². The number of nitrogens with zero attached hydrogens (tertiary/aromatic N) is 4. The molecule has 3 aromatic rings. The Balaban J connectivity index is 1.50. The highest BCUT2D eigenvalue weighted by molar-refractivity contribution is 5.96. The fourth-order valence-electron chi connectivity index (χ4n) is 7.12. The molecule has 2 aliphatic rings. The van der Waals surface area contributed by atoms with Crippen molar-refractivity contribution in [1.82, 2.24) is 19.7 Å². The van der Waals surface area contributed by atoms with Crippen LogP contribution >= 0.6 is 0 Å². The van der Waals surface area contributed by atoms with E-state index in [1.54, 1.807) is 62.0 Å². The molecule has 0 bridgehead atoms. The molecule has 1 aliphatic carbocycles. The number of methoxy groups -OCH3 is 2. The minimum Gasteiger partial charge on any atom is -0.497 e. The number of pyridine rings is 1. The molecule has 1 saturated heterocycles. The van der Waals surface area contributed by atoms with E-state index in [4.69, 9.17) is 23.9 Å². The average Bonchev–Trinajstić information content (AvgIpc) is 3.35. The number of amides is 1. The molecule has 2 fully saturated rings. The normalized spacial score (nSPS) is 22.6. The van der Waals surface area contributed by atoms with Crippen LogP contribution in [-0.4, -0.2) is 81.8 Å². The molecule has 12 heteroatoms. The quantitative estimate of drug-likeness (QED) is 0.217. The molecule has 1 aliphatic heterocycles. The Morgan fingerprint density at radius 3 is 2.38 bits per heavy atom. The number of carbonyl (C=O) groups is 4. The maximum Gasteiger partial charge on any atom is 0.312 e. The first kappa shape index (κ1) is 36.8. The Kier molecular flexibility index (Phi) is 10.3. The molecule has 50 heavy (non-hydrogen) atoms. The fraction of sp³-hybridized carbons (Fsp3) is 0.579. The summed E-state index contributed by atoms with van der Waals surface area (Å²) in [6.07, 6.45) is 4.18. The summed E-state index contributed by atoms with van der Waals surface area (Å²) in [5, 5.41) is 5.06. The second-order valence-electron chi connectivity index (χ2n) is 15.6. The van der Waals surface area contributed by atoms with Gasteiger partial charge in [0.05, 0.1) is 50.1 Å². The predicted molar refractivity (Wildman–Crippen MR) is 186 cm³/mol. The maximum atomic E-state index is 14.6. The fourth-order valence-corrected chi connectivity index (χ4v) is 7.12. The molecule has 0 N–H and O–H groups in total. The second kappa shape index (κ2) is 14.0. The number of hydrogen-bond donors (Lipinski definition) is 0. The smallest absolute Gasteiger partial charge is 0.312 e. The van der Waals surface area contributed by atoms with Gasteiger partial charge >= 0.3 is 11.9 Å². The minimum absolute atomic E-state index is 0.0342. The monoisotopic (exact) mass is 690 g/mol. The number of hydrogen-bond acceptors (Lipinski definition) is 10. The van der Waals surface area contributed by atoms with Crippen LogP contribution in [0, 0.1) is 22.7 Å². The highest BCUT2D eigenvalue weighted by Crippen LogP contribution is 2.58. The zero-order chi connectivity index (χ0) is 36.6. The number of benzene rings is 1. The second-order valence-corrected chi connectivity index (χ2v) is 15.6. The standard InChI is InChI=1S/C38H50N4O8/c1-10-23-20-38(23,35(46)48-9)21-30(43)29-17-25(22-41(29)34(45)27(36(2,3)4)18-33(44)50-37(5,6)7)49-31-19-32(42-15-11-14-39-42)40-28-16-24(47-8)12-13-26(28)31/h11-16,19,23,25,27,29H,10,17-18,20-22H2,1-9H3/t23-,25-,27-,29+,38-/m1/s1. The van der Waals surface area contributed by atoms with E-state index in [1.807, 2.05) is 45.9 Å². The molecule has 0 radical (unpaired) electrons. The average molecular weight is 691 g/mol. The predicted octanol–water partition coefficient (Wildman–Crippen LogP) is 5.72. The summed E-state index contributed by atoms with van der Waals surface area (Å²) in [5.74, 6) is -0.523. The van der Waals surface area contributed by atoms with Crippen molar-refractivity contribution in [2.75, 3.05) is 20.8 Å². The SMILES string of the molecule is CC[C@@H]1C[C@]1(CC(=O)[C@@H]1C[C@@H](Oc2cc(-n3cccn3)nc3cc(OC)ccc23)CN1C(=O)[C@@H](CC(=O)OC(C)(C)C)C(C)(C)C)C(=O)OC. The van der Waals surface area contributed by atoms with Crippen molar-refractivity contribution in [3.05, 3.63) is 42.7 Å². The van der Waals surface area contributed by atoms with E-state index < -0.39 is 46.4 Å². The first-order chi connectivity index (χ1) is 23.5. The Morgan fingerprint density at radius 2 is 1.80 bits per heavy atom. The van der Waals surface area contributed by atoms with E-state index in [0.717, 1.165) is 11.8 Å². The molecule has 12 nitrogen and oxygen atoms in total. The van der Waals surface area contributed by atoms with Gasteiger partial charge in [0.25, 0.3) is 0 Å². The third-order valence-electron chi connectivity index (χ3n) is 9.86. The van der Waals surface area contributed by atoms with Gasteiger partial charge < -0.3 is 23.8 Å². The number of Topliss-reactive ketones (excluding diaryl/α,β-unsaturated/α-hetero) is 1. The topological polar surface area (TPSA) is 139 Å². The minimum atomic E-state index is -0.896. The summed E-state index contributed by atoms with van der Waals surface area (Å²) in [7, 11) is 2.92. The van der Waals surface area contributed by atoms with Gasteiger partial charge in [0.15, 0.2) is 11.6 Å². The van der Waals surface area contributed by atoms with Crippen LogP contribution in [0.1, 0.15) is 80.6 Å². The van der Waals surface area contributed by atoms with Gasteiger partial charge in [0, 0.05) is 42.8 Å². The number of ether oxygens (including phenoxy) is 4. The Morgan fingerprint density at radius 1 is 1.06 bits per heavy atom. The molecule has 0 unspecified atom stereocenters. The van der Waals surface area contributed by atoms with Gasteiger partial charge in [0.2, 0.25) is 5.91 Å². The number of likely N-dealkylation sites (tertiary alicyclic amines) is 1. The zero-order valence-electron chi connectivity index (χ0n) is 30.6. The maximum absolute atomic E-state index is 14.6. The molecule has 1 saturated carbocycles. The number of carbonyl (C=O) groups excluding carboxylic acids is 4. The van der Waals surface area contributed by atoms with Gasteiger partial charge in [-0.05, 0) is 56.7 Å². The molecular weight excluding hydrogens is 640 g/mol. The van der Waals surface area contributed by atoms with Crippen LogP contribution < -0.4 is 9.47 Å². The van der Waals surface area contributed by atoms with Gasteiger partial charge in [-0.3, -0.25) is 19.2 Å². The summed E-state index contributed by atoms with van der Waals surface area (Å²) in [6, 6.07) is 8.20. The molecule has 3 heterocycles. The number of aromatic nitrogens is 3.